The Morgan fingerprint density at radius 3 is 2.70 bits per heavy atom. The number of aryl methyl sites for hydroxylation is 1. The van der Waals surface area contributed by atoms with Gasteiger partial charge in [0, 0.05) is 11.7 Å². The molecule has 0 aromatic heterocycles. The molecule has 0 saturated heterocycles. The average molecular weight is 296 g/mol. The lowest BCUT2D eigenvalue weighted by Crippen LogP contribution is -2.36. The maximum absolute atomic E-state index is 12.3. The number of sulfonamides is 1. The molecule has 0 bridgehead atoms. The van der Waals surface area contributed by atoms with Crippen LogP contribution in [0, 0.1) is 5.41 Å². The Hall–Kier alpha value is -1.07. The lowest BCUT2D eigenvalue weighted by molar-refractivity contribution is 0.448. The molecule has 112 valence electrons. The fourth-order valence-corrected chi connectivity index (χ4v) is 4.69. The normalized spacial score (nSPS) is 19.6. The van der Waals surface area contributed by atoms with Crippen molar-refractivity contribution in [3.05, 3.63) is 29.3 Å². The molecule has 0 aliphatic heterocycles. The lowest BCUT2D eigenvalue weighted by Gasteiger charge is -2.28. The molecule has 4 nitrogen and oxygen atoms in total. The molecule has 1 atom stereocenters. The largest absolute Gasteiger partial charge is 0.399 e. The van der Waals surface area contributed by atoms with Crippen LogP contribution in [-0.2, 0) is 16.4 Å². The van der Waals surface area contributed by atoms with E-state index in [0.717, 1.165) is 30.5 Å². The molecule has 1 aliphatic rings. The Balaban J connectivity index is 2.20. The first kappa shape index (κ1) is 15.3. The van der Waals surface area contributed by atoms with Crippen LogP contribution >= 0.6 is 0 Å². The second-order valence-electron chi connectivity index (χ2n) is 6.84. The highest BCUT2D eigenvalue weighted by molar-refractivity contribution is 7.89. The van der Waals surface area contributed by atoms with Gasteiger partial charge in [0.25, 0.3) is 0 Å². The van der Waals surface area contributed by atoms with E-state index in [4.69, 9.17) is 5.73 Å². The van der Waals surface area contributed by atoms with E-state index in [0.29, 0.717) is 0 Å². The highest BCUT2D eigenvalue weighted by Crippen LogP contribution is 2.32. The highest BCUT2D eigenvalue weighted by Gasteiger charge is 2.27. The SMILES string of the molecule is CC(C)(C)CS(=O)(=O)NC1CCCc2cc(N)ccc21. The van der Waals surface area contributed by atoms with Gasteiger partial charge in [0.15, 0.2) is 0 Å². The van der Waals surface area contributed by atoms with Crippen LogP contribution < -0.4 is 10.5 Å². The first-order chi connectivity index (χ1) is 9.16. The molecular formula is C15H24N2O2S. The van der Waals surface area contributed by atoms with Crippen molar-refractivity contribution in [1.29, 1.82) is 0 Å². The summed E-state index contributed by atoms with van der Waals surface area (Å²) in [6.45, 7) is 5.80. The van der Waals surface area contributed by atoms with Crippen LogP contribution in [0.1, 0.15) is 50.8 Å². The number of nitrogens with two attached hydrogens (primary N) is 1. The molecule has 0 spiro atoms. The van der Waals surface area contributed by atoms with E-state index in [1.54, 1.807) is 0 Å². The van der Waals surface area contributed by atoms with Gasteiger partial charge in [-0.05, 0) is 47.9 Å². The number of hydrogen-bond acceptors (Lipinski definition) is 3. The van der Waals surface area contributed by atoms with E-state index in [2.05, 4.69) is 4.72 Å². The Morgan fingerprint density at radius 2 is 2.05 bits per heavy atom. The molecule has 1 aromatic rings. The third kappa shape index (κ3) is 3.96. The topological polar surface area (TPSA) is 72.2 Å². The minimum absolute atomic E-state index is 0.119. The zero-order valence-electron chi connectivity index (χ0n) is 12.4. The van der Waals surface area contributed by atoms with Crippen molar-refractivity contribution in [2.24, 2.45) is 5.41 Å². The lowest BCUT2D eigenvalue weighted by atomic mass is 9.88. The Labute approximate surface area is 121 Å². The molecule has 5 heteroatoms. The van der Waals surface area contributed by atoms with E-state index in [1.165, 1.54) is 5.56 Å². The predicted molar refractivity (Wildman–Crippen MR) is 82.9 cm³/mol. The molecule has 1 aromatic carbocycles. The monoisotopic (exact) mass is 296 g/mol. The molecule has 0 heterocycles. The van der Waals surface area contributed by atoms with Gasteiger partial charge in [-0.15, -0.1) is 0 Å². The van der Waals surface area contributed by atoms with Gasteiger partial charge in [-0.1, -0.05) is 26.8 Å². The number of benzene rings is 1. The van der Waals surface area contributed by atoms with Crippen LogP contribution in [0.15, 0.2) is 18.2 Å². The van der Waals surface area contributed by atoms with Crippen molar-refractivity contribution in [2.75, 3.05) is 11.5 Å². The van der Waals surface area contributed by atoms with Crippen LogP contribution in [-0.4, -0.2) is 14.2 Å². The Kier molecular flexibility index (Phi) is 4.12. The van der Waals surface area contributed by atoms with Crippen LogP contribution in [0.4, 0.5) is 5.69 Å². The van der Waals surface area contributed by atoms with Crippen LogP contribution in [0.2, 0.25) is 0 Å². The molecular weight excluding hydrogens is 272 g/mol. The number of fused-ring (bicyclic) bond motifs is 1. The second kappa shape index (κ2) is 5.37. The number of nitrogen functional groups attached to an aromatic ring is 1. The summed E-state index contributed by atoms with van der Waals surface area (Å²) in [5.74, 6) is 0.140. The molecule has 20 heavy (non-hydrogen) atoms. The van der Waals surface area contributed by atoms with Gasteiger partial charge >= 0.3 is 0 Å². The van der Waals surface area contributed by atoms with Gasteiger partial charge in [-0.3, -0.25) is 0 Å². The van der Waals surface area contributed by atoms with E-state index in [1.807, 2.05) is 39.0 Å². The summed E-state index contributed by atoms with van der Waals surface area (Å²) < 4.78 is 27.4. The number of nitrogens with one attached hydrogen (secondary N) is 1. The average Bonchev–Trinajstić information content (AvgIpc) is 2.24. The van der Waals surface area contributed by atoms with Crippen molar-refractivity contribution < 1.29 is 8.42 Å². The zero-order chi connectivity index (χ0) is 15.0. The summed E-state index contributed by atoms with van der Waals surface area (Å²) in [6.07, 6.45) is 2.80. The molecule has 3 N–H and O–H groups in total. The van der Waals surface area contributed by atoms with Gasteiger partial charge in [-0.25, -0.2) is 13.1 Å². The number of hydrogen-bond donors (Lipinski definition) is 2. The predicted octanol–water partition coefficient (Wildman–Crippen LogP) is 2.61. The minimum Gasteiger partial charge on any atom is -0.399 e. The maximum Gasteiger partial charge on any atom is 0.212 e. The van der Waals surface area contributed by atoms with Crippen molar-refractivity contribution in [3.63, 3.8) is 0 Å². The fraction of sp³-hybridized carbons (Fsp3) is 0.600. The first-order valence-corrected chi connectivity index (χ1v) is 8.70. The molecule has 2 rings (SSSR count). The smallest absolute Gasteiger partial charge is 0.212 e. The van der Waals surface area contributed by atoms with E-state index in [-0.39, 0.29) is 17.2 Å². The zero-order valence-corrected chi connectivity index (χ0v) is 13.3. The maximum atomic E-state index is 12.3. The fourth-order valence-electron chi connectivity index (χ4n) is 2.79. The van der Waals surface area contributed by atoms with Gasteiger partial charge in [-0.2, -0.15) is 0 Å². The van der Waals surface area contributed by atoms with Crippen molar-refractivity contribution in [2.45, 2.75) is 46.1 Å². The van der Waals surface area contributed by atoms with E-state index >= 15 is 0 Å². The molecule has 0 amide bonds. The van der Waals surface area contributed by atoms with Gasteiger partial charge in [0.1, 0.15) is 0 Å². The molecule has 0 fully saturated rings. The van der Waals surface area contributed by atoms with E-state index < -0.39 is 10.0 Å². The van der Waals surface area contributed by atoms with Crippen molar-refractivity contribution in [3.8, 4) is 0 Å². The molecule has 0 radical (unpaired) electrons. The summed E-state index contributed by atoms with van der Waals surface area (Å²) >= 11 is 0. The summed E-state index contributed by atoms with van der Waals surface area (Å²) in [7, 11) is -3.27. The quantitative estimate of drug-likeness (QED) is 0.842. The van der Waals surface area contributed by atoms with Gasteiger partial charge < -0.3 is 5.73 Å². The van der Waals surface area contributed by atoms with Crippen molar-refractivity contribution in [1.82, 2.24) is 4.72 Å². The molecule has 1 unspecified atom stereocenters. The minimum atomic E-state index is -3.27. The van der Waals surface area contributed by atoms with Gasteiger partial charge in [0.05, 0.1) is 5.75 Å². The Bertz CT molecular complexity index is 588. The van der Waals surface area contributed by atoms with Crippen molar-refractivity contribution >= 4 is 15.7 Å². The van der Waals surface area contributed by atoms with Crippen LogP contribution in [0.25, 0.3) is 0 Å². The summed E-state index contributed by atoms with van der Waals surface area (Å²) in [5.41, 5.74) is 8.53. The third-order valence-electron chi connectivity index (χ3n) is 3.43. The number of anilines is 1. The summed E-state index contributed by atoms with van der Waals surface area (Å²) in [5, 5.41) is 0. The highest BCUT2D eigenvalue weighted by atomic mass is 32.2. The molecule has 0 saturated carbocycles. The van der Waals surface area contributed by atoms with Gasteiger partial charge in [0.2, 0.25) is 10.0 Å². The van der Waals surface area contributed by atoms with Crippen LogP contribution in [0.3, 0.4) is 0 Å². The molecule has 1 aliphatic carbocycles. The first-order valence-electron chi connectivity index (χ1n) is 7.05. The second-order valence-corrected chi connectivity index (χ2v) is 8.59. The van der Waals surface area contributed by atoms with Crippen LogP contribution in [0.5, 0.6) is 0 Å². The summed E-state index contributed by atoms with van der Waals surface area (Å²) in [4.78, 5) is 0. The number of rotatable bonds is 3. The van der Waals surface area contributed by atoms with E-state index in [9.17, 15) is 8.42 Å². The summed E-state index contributed by atoms with van der Waals surface area (Å²) in [6, 6.07) is 5.63. The standard InChI is InChI=1S/C15H24N2O2S/c1-15(2,3)10-20(18,19)17-14-6-4-5-11-9-12(16)7-8-13(11)14/h7-9,14,17H,4-6,10,16H2,1-3H3. The Morgan fingerprint density at radius 1 is 1.35 bits per heavy atom. The third-order valence-corrected chi connectivity index (χ3v) is 5.32.